The van der Waals surface area contributed by atoms with Gasteiger partial charge in [-0.15, -0.1) is 0 Å². The largest absolute Gasteiger partial charge is 0.330 e. The van der Waals surface area contributed by atoms with Crippen LogP contribution in [0.4, 0.5) is 0 Å². The SMILES string of the molecule is CC1CCCN1CCC1(CN)CCCCC1. The highest BCUT2D eigenvalue weighted by Crippen LogP contribution is 2.38. The summed E-state index contributed by atoms with van der Waals surface area (Å²) in [6.07, 6.45) is 11.2. The van der Waals surface area contributed by atoms with Crippen LogP contribution in [0.25, 0.3) is 0 Å². The molecule has 94 valence electrons. The van der Waals surface area contributed by atoms with Gasteiger partial charge >= 0.3 is 0 Å². The second-order valence-corrected chi connectivity index (χ2v) is 6.04. The molecule has 2 fully saturated rings. The molecule has 2 heteroatoms. The molecule has 2 rings (SSSR count). The number of nitrogens with zero attached hydrogens (tertiary/aromatic N) is 1. The maximum atomic E-state index is 6.04. The maximum Gasteiger partial charge on any atom is 0.00674 e. The Morgan fingerprint density at radius 3 is 2.50 bits per heavy atom. The molecule has 0 spiro atoms. The van der Waals surface area contributed by atoms with Crippen molar-refractivity contribution in [2.75, 3.05) is 19.6 Å². The fourth-order valence-corrected chi connectivity index (χ4v) is 3.56. The highest BCUT2D eigenvalue weighted by molar-refractivity contribution is 4.86. The third kappa shape index (κ3) is 2.78. The molecule has 0 aromatic carbocycles. The molecular formula is C14H28N2. The summed E-state index contributed by atoms with van der Waals surface area (Å²) in [4.78, 5) is 2.67. The van der Waals surface area contributed by atoms with E-state index in [1.807, 2.05) is 0 Å². The summed E-state index contributed by atoms with van der Waals surface area (Å²) >= 11 is 0. The predicted octanol–water partition coefficient (Wildman–Crippen LogP) is 2.77. The molecular weight excluding hydrogens is 196 g/mol. The lowest BCUT2D eigenvalue weighted by Crippen LogP contribution is -2.38. The fourth-order valence-electron chi connectivity index (χ4n) is 3.56. The summed E-state index contributed by atoms with van der Waals surface area (Å²) in [5, 5.41) is 0. The van der Waals surface area contributed by atoms with Crippen molar-refractivity contribution in [3.8, 4) is 0 Å². The van der Waals surface area contributed by atoms with Crippen LogP contribution in [0.15, 0.2) is 0 Å². The molecule has 1 aliphatic heterocycles. The van der Waals surface area contributed by atoms with Crippen molar-refractivity contribution < 1.29 is 0 Å². The molecule has 0 bridgehead atoms. The van der Waals surface area contributed by atoms with Gasteiger partial charge in [0.25, 0.3) is 0 Å². The molecule has 0 aromatic rings. The van der Waals surface area contributed by atoms with Crippen molar-refractivity contribution in [3.05, 3.63) is 0 Å². The second kappa shape index (κ2) is 5.50. The van der Waals surface area contributed by atoms with Crippen LogP contribution < -0.4 is 5.73 Å². The number of likely N-dealkylation sites (tertiary alicyclic amines) is 1. The van der Waals surface area contributed by atoms with E-state index in [-0.39, 0.29) is 0 Å². The minimum absolute atomic E-state index is 0.501. The van der Waals surface area contributed by atoms with E-state index in [0.717, 1.165) is 12.6 Å². The zero-order chi connectivity index (χ0) is 11.4. The number of hydrogen-bond donors (Lipinski definition) is 1. The van der Waals surface area contributed by atoms with Gasteiger partial charge in [0.2, 0.25) is 0 Å². The van der Waals surface area contributed by atoms with Gasteiger partial charge in [0.05, 0.1) is 0 Å². The van der Waals surface area contributed by atoms with Crippen molar-refractivity contribution in [2.24, 2.45) is 11.1 Å². The lowest BCUT2D eigenvalue weighted by Gasteiger charge is -2.38. The Morgan fingerprint density at radius 1 is 1.19 bits per heavy atom. The molecule has 2 nitrogen and oxygen atoms in total. The van der Waals surface area contributed by atoms with Gasteiger partial charge in [-0.1, -0.05) is 19.3 Å². The average Bonchev–Trinajstić information content (AvgIpc) is 2.74. The van der Waals surface area contributed by atoms with E-state index in [4.69, 9.17) is 5.73 Å². The molecule has 2 N–H and O–H groups in total. The zero-order valence-electron chi connectivity index (χ0n) is 10.9. The molecule has 1 heterocycles. The van der Waals surface area contributed by atoms with Crippen molar-refractivity contribution in [1.29, 1.82) is 0 Å². The summed E-state index contributed by atoms with van der Waals surface area (Å²) in [5.74, 6) is 0. The first-order chi connectivity index (χ1) is 7.76. The Labute approximate surface area is 101 Å². The Hall–Kier alpha value is -0.0800. The van der Waals surface area contributed by atoms with E-state index in [2.05, 4.69) is 11.8 Å². The molecule has 1 saturated heterocycles. The second-order valence-electron chi connectivity index (χ2n) is 6.04. The van der Waals surface area contributed by atoms with Crippen LogP contribution >= 0.6 is 0 Å². The monoisotopic (exact) mass is 224 g/mol. The predicted molar refractivity (Wildman–Crippen MR) is 69.5 cm³/mol. The quantitative estimate of drug-likeness (QED) is 0.795. The molecule has 0 radical (unpaired) electrons. The van der Waals surface area contributed by atoms with Crippen LogP contribution in [0.5, 0.6) is 0 Å². The average molecular weight is 224 g/mol. The summed E-state index contributed by atoms with van der Waals surface area (Å²) in [5.41, 5.74) is 6.54. The topological polar surface area (TPSA) is 29.3 Å². The van der Waals surface area contributed by atoms with E-state index in [0.29, 0.717) is 5.41 Å². The number of rotatable bonds is 4. The van der Waals surface area contributed by atoms with Gasteiger partial charge in [-0.25, -0.2) is 0 Å². The normalized spacial score (nSPS) is 30.8. The van der Waals surface area contributed by atoms with Crippen LogP contribution in [0, 0.1) is 5.41 Å². The van der Waals surface area contributed by atoms with Crippen LogP contribution in [-0.4, -0.2) is 30.6 Å². The van der Waals surface area contributed by atoms with Crippen LogP contribution in [0.3, 0.4) is 0 Å². The standard InChI is InChI=1S/C14H28N2/c1-13-6-5-10-16(13)11-9-14(12-15)7-3-2-4-8-14/h13H,2-12,15H2,1H3. The number of nitrogens with two attached hydrogens (primary N) is 1. The van der Waals surface area contributed by atoms with Crippen molar-refractivity contribution in [2.45, 2.75) is 64.3 Å². The molecule has 2 aliphatic rings. The highest BCUT2D eigenvalue weighted by Gasteiger charge is 2.31. The first-order valence-corrected chi connectivity index (χ1v) is 7.20. The summed E-state index contributed by atoms with van der Waals surface area (Å²) in [7, 11) is 0. The molecule has 0 aromatic heterocycles. The summed E-state index contributed by atoms with van der Waals surface area (Å²) < 4.78 is 0. The molecule has 1 atom stereocenters. The van der Waals surface area contributed by atoms with Gasteiger partial charge in [-0.3, -0.25) is 0 Å². The first-order valence-electron chi connectivity index (χ1n) is 7.20. The van der Waals surface area contributed by atoms with Gasteiger partial charge in [0.1, 0.15) is 0 Å². The van der Waals surface area contributed by atoms with E-state index in [1.165, 1.54) is 64.5 Å². The Bertz CT molecular complexity index is 209. The van der Waals surface area contributed by atoms with E-state index in [1.54, 1.807) is 0 Å². The smallest absolute Gasteiger partial charge is 0.00674 e. The Kier molecular flexibility index (Phi) is 4.26. The Morgan fingerprint density at radius 2 is 1.94 bits per heavy atom. The molecule has 16 heavy (non-hydrogen) atoms. The third-order valence-corrected chi connectivity index (χ3v) is 4.97. The minimum Gasteiger partial charge on any atom is -0.330 e. The fraction of sp³-hybridized carbons (Fsp3) is 1.00. The van der Waals surface area contributed by atoms with E-state index in [9.17, 15) is 0 Å². The third-order valence-electron chi connectivity index (χ3n) is 4.97. The van der Waals surface area contributed by atoms with Gasteiger partial charge < -0.3 is 10.6 Å². The molecule has 0 amide bonds. The maximum absolute atomic E-state index is 6.04. The van der Waals surface area contributed by atoms with Gasteiger partial charge in [0.15, 0.2) is 0 Å². The summed E-state index contributed by atoms with van der Waals surface area (Å²) in [6.45, 7) is 5.90. The lowest BCUT2D eigenvalue weighted by atomic mass is 9.72. The number of hydrogen-bond acceptors (Lipinski definition) is 2. The lowest BCUT2D eigenvalue weighted by molar-refractivity contribution is 0.144. The van der Waals surface area contributed by atoms with Crippen molar-refractivity contribution >= 4 is 0 Å². The zero-order valence-corrected chi connectivity index (χ0v) is 10.9. The van der Waals surface area contributed by atoms with Crippen molar-refractivity contribution in [1.82, 2.24) is 4.90 Å². The molecule has 1 aliphatic carbocycles. The van der Waals surface area contributed by atoms with Crippen LogP contribution in [0.2, 0.25) is 0 Å². The van der Waals surface area contributed by atoms with Gasteiger partial charge in [0, 0.05) is 6.04 Å². The van der Waals surface area contributed by atoms with Gasteiger partial charge in [-0.2, -0.15) is 0 Å². The minimum atomic E-state index is 0.501. The molecule has 1 unspecified atom stereocenters. The van der Waals surface area contributed by atoms with E-state index >= 15 is 0 Å². The highest BCUT2D eigenvalue weighted by atomic mass is 15.2. The molecule has 1 saturated carbocycles. The van der Waals surface area contributed by atoms with Crippen molar-refractivity contribution in [3.63, 3.8) is 0 Å². The van der Waals surface area contributed by atoms with E-state index < -0.39 is 0 Å². The first kappa shape index (κ1) is 12.4. The summed E-state index contributed by atoms with van der Waals surface area (Å²) in [6, 6.07) is 0.818. The van der Waals surface area contributed by atoms with Crippen LogP contribution in [0.1, 0.15) is 58.3 Å². The van der Waals surface area contributed by atoms with Gasteiger partial charge in [-0.05, 0) is 64.1 Å². The van der Waals surface area contributed by atoms with Crippen LogP contribution in [-0.2, 0) is 0 Å². The Balaban J connectivity index is 1.82.